The van der Waals surface area contributed by atoms with Crippen molar-refractivity contribution in [3.8, 4) is 0 Å². The molecule has 1 rings (SSSR count). The molecule has 0 atom stereocenters. The van der Waals surface area contributed by atoms with Crippen LogP contribution in [0.5, 0.6) is 0 Å². The summed E-state index contributed by atoms with van der Waals surface area (Å²) in [5, 5.41) is 0.183. The van der Waals surface area contributed by atoms with Crippen LogP contribution < -0.4 is 5.73 Å². The molecule has 0 saturated carbocycles. The second-order valence-electron chi connectivity index (χ2n) is 3.63. The van der Waals surface area contributed by atoms with E-state index in [1.165, 1.54) is 12.1 Å². The Labute approximate surface area is 117 Å². The van der Waals surface area contributed by atoms with Crippen molar-refractivity contribution in [2.75, 3.05) is 6.26 Å². The zero-order chi connectivity index (χ0) is 13.9. The van der Waals surface area contributed by atoms with Gasteiger partial charge in [-0.25, -0.2) is 13.4 Å². The maximum absolute atomic E-state index is 11.5. The van der Waals surface area contributed by atoms with E-state index in [0.29, 0.717) is 16.2 Å². The molecule has 0 amide bonds. The van der Waals surface area contributed by atoms with Gasteiger partial charge in [0.15, 0.2) is 9.84 Å². The number of benzene rings is 1. The fourth-order valence-corrected chi connectivity index (χ4v) is 2.81. The van der Waals surface area contributed by atoms with Crippen molar-refractivity contribution >= 4 is 45.3 Å². The van der Waals surface area contributed by atoms with E-state index in [0.717, 1.165) is 12.6 Å². The fraction of sp³-hybridized carbons (Fsp3) is 0.182. The Bertz CT molecular complexity index is 622. The highest BCUT2D eigenvalue weighted by atomic mass is 35.5. The van der Waals surface area contributed by atoms with Crippen LogP contribution in [0.15, 0.2) is 33.8 Å². The number of halogens is 1. The van der Waals surface area contributed by atoms with Crippen molar-refractivity contribution in [2.45, 2.75) is 11.8 Å². The number of aliphatic imine (C=N–C) groups is 1. The Morgan fingerprint density at radius 3 is 2.61 bits per heavy atom. The molecule has 1 aromatic rings. The van der Waals surface area contributed by atoms with E-state index in [4.69, 9.17) is 17.3 Å². The lowest BCUT2D eigenvalue weighted by Gasteiger charge is -2.07. The molecule has 18 heavy (non-hydrogen) atoms. The number of nitrogens with two attached hydrogens (primary N) is 1. The van der Waals surface area contributed by atoms with Gasteiger partial charge in [-0.3, -0.25) is 0 Å². The van der Waals surface area contributed by atoms with Crippen LogP contribution in [0.3, 0.4) is 0 Å². The summed E-state index contributed by atoms with van der Waals surface area (Å²) in [6.45, 7) is 1.72. The van der Waals surface area contributed by atoms with Crippen LogP contribution in [-0.4, -0.2) is 21.0 Å². The van der Waals surface area contributed by atoms with Crippen LogP contribution >= 0.6 is 24.2 Å². The summed E-state index contributed by atoms with van der Waals surface area (Å²) in [5.41, 5.74) is 6.39. The number of allylic oxidation sites excluding steroid dienone is 1. The molecule has 0 radical (unpaired) electrons. The number of hydrogen-bond donors (Lipinski definition) is 2. The monoisotopic (exact) mass is 304 g/mol. The van der Waals surface area contributed by atoms with Crippen LogP contribution in [0.1, 0.15) is 12.5 Å². The van der Waals surface area contributed by atoms with Crippen molar-refractivity contribution in [1.29, 1.82) is 0 Å². The predicted molar refractivity (Wildman–Crippen MR) is 78.8 cm³/mol. The molecule has 2 N–H and O–H groups in total. The molecule has 0 fully saturated rings. The smallest absolute Gasteiger partial charge is 0.177 e. The van der Waals surface area contributed by atoms with Gasteiger partial charge in [0.1, 0.15) is 0 Å². The number of rotatable bonds is 3. The van der Waals surface area contributed by atoms with Gasteiger partial charge in [-0.05, 0) is 24.6 Å². The van der Waals surface area contributed by atoms with Gasteiger partial charge < -0.3 is 5.73 Å². The molecule has 4 nitrogen and oxygen atoms in total. The average molecular weight is 305 g/mol. The molecule has 0 aliphatic rings. The number of nitrogens with zero attached hydrogens (tertiary/aromatic N) is 1. The molecule has 0 bridgehead atoms. The molecular formula is C11H13ClN2O2S2. The van der Waals surface area contributed by atoms with E-state index < -0.39 is 9.84 Å². The van der Waals surface area contributed by atoms with Gasteiger partial charge in [0.05, 0.1) is 22.0 Å². The van der Waals surface area contributed by atoms with E-state index in [-0.39, 0.29) is 9.92 Å². The number of sulfone groups is 1. The molecule has 7 heteroatoms. The van der Waals surface area contributed by atoms with Gasteiger partial charge >= 0.3 is 0 Å². The first-order valence-corrected chi connectivity index (χ1v) is 7.63. The van der Waals surface area contributed by atoms with Gasteiger partial charge in [0.25, 0.3) is 0 Å². The minimum Gasteiger partial charge on any atom is -0.390 e. The van der Waals surface area contributed by atoms with Crippen LogP contribution in [0.2, 0.25) is 5.02 Å². The summed E-state index contributed by atoms with van der Waals surface area (Å²) in [6.07, 6.45) is 2.25. The quantitative estimate of drug-likeness (QED) is 0.511. The average Bonchev–Trinajstić information content (AvgIpc) is 2.27. The lowest BCUT2D eigenvalue weighted by molar-refractivity contribution is 0.602. The van der Waals surface area contributed by atoms with Crippen LogP contribution in [0.4, 0.5) is 0 Å². The second-order valence-corrected chi connectivity index (χ2v) is 6.47. The fourth-order valence-electron chi connectivity index (χ4n) is 1.32. The molecule has 0 aromatic heterocycles. The highest BCUT2D eigenvalue weighted by Crippen LogP contribution is 2.29. The Morgan fingerprint density at radius 2 is 2.11 bits per heavy atom. The summed E-state index contributed by atoms with van der Waals surface area (Å²) >= 11 is 10.2. The van der Waals surface area contributed by atoms with Crippen molar-refractivity contribution in [3.63, 3.8) is 0 Å². The third kappa shape index (κ3) is 3.51. The van der Waals surface area contributed by atoms with Gasteiger partial charge in [-0.1, -0.05) is 17.7 Å². The highest BCUT2D eigenvalue weighted by molar-refractivity contribution is 7.91. The van der Waals surface area contributed by atoms with E-state index in [1.54, 1.807) is 13.0 Å². The normalized spacial score (nSPS) is 13.8. The van der Waals surface area contributed by atoms with Gasteiger partial charge in [0, 0.05) is 11.2 Å². The standard InChI is InChI=1S/C11H13ClN2O2S2/c1-7(14-6-13)11(17)8-3-4-9(12)10(5-8)18(2,15)16/h3-6,17H,1-2H3,(H2,13,14)/b11-7-. The van der Waals surface area contributed by atoms with Crippen molar-refractivity contribution < 1.29 is 8.42 Å². The molecule has 0 aliphatic heterocycles. The summed E-state index contributed by atoms with van der Waals surface area (Å²) < 4.78 is 23.1. The van der Waals surface area contributed by atoms with Gasteiger partial charge in [-0.2, -0.15) is 0 Å². The maximum Gasteiger partial charge on any atom is 0.177 e. The van der Waals surface area contributed by atoms with Crippen LogP contribution in [-0.2, 0) is 9.84 Å². The maximum atomic E-state index is 11.5. The Hall–Kier alpha value is -0.980. The van der Waals surface area contributed by atoms with Crippen molar-refractivity contribution in [2.24, 2.45) is 10.7 Å². The molecular weight excluding hydrogens is 292 g/mol. The topological polar surface area (TPSA) is 72.5 Å². The van der Waals surface area contributed by atoms with Crippen molar-refractivity contribution in [1.82, 2.24) is 0 Å². The summed E-state index contributed by atoms with van der Waals surface area (Å²) in [7, 11) is -3.38. The lowest BCUT2D eigenvalue weighted by atomic mass is 10.2. The first-order chi connectivity index (χ1) is 8.27. The molecule has 0 heterocycles. The van der Waals surface area contributed by atoms with E-state index >= 15 is 0 Å². The minimum absolute atomic E-state index is 0.0674. The first kappa shape index (κ1) is 15.1. The Balaban J connectivity index is 3.43. The van der Waals surface area contributed by atoms with Crippen LogP contribution in [0.25, 0.3) is 4.91 Å². The summed E-state index contributed by atoms with van der Waals surface area (Å²) in [4.78, 5) is 4.50. The third-order valence-electron chi connectivity index (χ3n) is 2.22. The number of hydrogen-bond acceptors (Lipinski definition) is 4. The predicted octanol–water partition coefficient (Wildman–Crippen LogP) is 2.35. The van der Waals surface area contributed by atoms with E-state index in [1.807, 2.05) is 0 Å². The zero-order valence-corrected chi connectivity index (χ0v) is 12.4. The minimum atomic E-state index is -3.38. The molecule has 1 aromatic carbocycles. The summed E-state index contributed by atoms with van der Waals surface area (Å²) in [6, 6.07) is 4.66. The number of thiol groups is 1. The van der Waals surface area contributed by atoms with Gasteiger partial charge in [-0.15, -0.1) is 12.6 Å². The second kappa shape index (κ2) is 5.77. The lowest BCUT2D eigenvalue weighted by Crippen LogP contribution is -1.99. The first-order valence-electron chi connectivity index (χ1n) is 4.91. The SMILES string of the molecule is C/C(N=CN)=C(/S)c1ccc(Cl)c(S(C)(=O)=O)c1. The molecule has 0 unspecified atom stereocenters. The highest BCUT2D eigenvalue weighted by Gasteiger charge is 2.14. The summed E-state index contributed by atoms with van der Waals surface area (Å²) in [5.74, 6) is 0. The molecule has 0 saturated heterocycles. The Morgan fingerprint density at radius 1 is 1.50 bits per heavy atom. The third-order valence-corrected chi connectivity index (χ3v) is 4.38. The van der Waals surface area contributed by atoms with E-state index in [9.17, 15) is 8.42 Å². The molecule has 0 aliphatic carbocycles. The van der Waals surface area contributed by atoms with E-state index in [2.05, 4.69) is 17.6 Å². The largest absolute Gasteiger partial charge is 0.390 e. The Kier molecular flexibility index (Phi) is 4.84. The van der Waals surface area contributed by atoms with Crippen molar-refractivity contribution in [3.05, 3.63) is 34.5 Å². The zero-order valence-electron chi connectivity index (χ0n) is 9.88. The van der Waals surface area contributed by atoms with Gasteiger partial charge in [0.2, 0.25) is 0 Å². The molecule has 0 spiro atoms. The van der Waals surface area contributed by atoms with Crippen LogP contribution in [0, 0.1) is 0 Å². The molecule has 98 valence electrons.